The van der Waals surface area contributed by atoms with Gasteiger partial charge in [-0.15, -0.1) is 10.2 Å². The SMILES string of the molecule is Nn1c(SCC(=O)N(Cc2ccc(F)cc2)C23CC4CC(CC(C4)C2)C3)nnc1C(F)(F)F. The van der Waals surface area contributed by atoms with E-state index in [9.17, 15) is 22.4 Å². The molecule has 1 amide bonds. The summed E-state index contributed by atoms with van der Waals surface area (Å²) < 4.78 is 52.7. The van der Waals surface area contributed by atoms with Crippen molar-refractivity contribution in [1.82, 2.24) is 19.8 Å². The Kier molecular flexibility index (Phi) is 5.57. The fraction of sp³-hybridized carbons (Fsp3) is 0.591. The molecule has 0 unspecified atom stereocenters. The van der Waals surface area contributed by atoms with Crippen molar-refractivity contribution >= 4 is 17.7 Å². The average molecular weight is 484 g/mol. The number of rotatable bonds is 6. The minimum atomic E-state index is -4.72. The summed E-state index contributed by atoms with van der Waals surface area (Å²) in [4.78, 5) is 15.4. The van der Waals surface area contributed by atoms with Crippen molar-refractivity contribution in [2.75, 3.05) is 11.6 Å². The van der Waals surface area contributed by atoms with Crippen LogP contribution in [-0.4, -0.2) is 37.0 Å². The van der Waals surface area contributed by atoms with Crippen molar-refractivity contribution in [3.63, 3.8) is 0 Å². The second-order valence-electron chi connectivity index (χ2n) is 9.71. The molecule has 0 saturated heterocycles. The number of thioether (sulfide) groups is 1. The standard InChI is InChI=1S/C22H25F4N5OS/c23-17-3-1-13(2-4-17)11-30(21-8-14-5-15(9-21)7-16(6-14)10-21)18(32)12-33-20-29-28-19(31(20)27)22(24,25)26/h1-4,14-16H,5-12,27H2. The van der Waals surface area contributed by atoms with Crippen molar-refractivity contribution in [2.24, 2.45) is 17.8 Å². The minimum absolute atomic E-state index is 0.101. The first-order valence-corrected chi connectivity index (χ1v) is 12.1. The Bertz CT molecular complexity index is 1000. The maximum absolute atomic E-state index is 13.5. The van der Waals surface area contributed by atoms with Crippen LogP contribution < -0.4 is 5.84 Å². The van der Waals surface area contributed by atoms with Gasteiger partial charge in [0.2, 0.25) is 11.1 Å². The van der Waals surface area contributed by atoms with E-state index in [1.165, 1.54) is 31.4 Å². The van der Waals surface area contributed by atoms with E-state index in [1.54, 1.807) is 12.1 Å². The van der Waals surface area contributed by atoms with Crippen LogP contribution in [0.1, 0.15) is 49.9 Å². The number of nitrogen functional groups attached to an aromatic ring is 1. The van der Waals surface area contributed by atoms with Gasteiger partial charge in [-0.3, -0.25) is 4.79 Å². The lowest BCUT2D eigenvalue weighted by Crippen LogP contribution is -2.61. The van der Waals surface area contributed by atoms with Gasteiger partial charge in [-0.1, -0.05) is 23.9 Å². The number of hydrogen-bond acceptors (Lipinski definition) is 5. The number of alkyl halides is 3. The van der Waals surface area contributed by atoms with Crippen molar-refractivity contribution in [3.05, 3.63) is 41.5 Å². The van der Waals surface area contributed by atoms with E-state index < -0.39 is 12.0 Å². The van der Waals surface area contributed by atoms with E-state index in [1.807, 2.05) is 4.90 Å². The quantitative estimate of drug-likeness (QED) is 0.378. The number of halogens is 4. The van der Waals surface area contributed by atoms with Gasteiger partial charge in [0.05, 0.1) is 5.75 Å². The zero-order valence-electron chi connectivity index (χ0n) is 17.9. The minimum Gasteiger partial charge on any atom is -0.335 e. The highest BCUT2D eigenvalue weighted by molar-refractivity contribution is 7.99. The molecule has 0 radical (unpaired) electrons. The smallest absolute Gasteiger partial charge is 0.335 e. The molecular weight excluding hydrogens is 458 g/mol. The molecule has 178 valence electrons. The van der Waals surface area contributed by atoms with E-state index in [0.29, 0.717) is 29.0 Å². The number of amides is 1. The van der Waals surface area contributed by atoms with Gasteiger partial charge in [-0.2, -0.15) is 13.2 Å². The number of aromatic nitrogens is 3. The zero-order chi connectivity index (χ0) is 23.4. The first kappa shape index (κ1) is 22.5. The highest BCUT2D eigenvalue weighted by Crippen LogP contribution is 2.58. The van der Waals surface area contributed by atoms with Crippen LogP contribution in [0, 0.1) is 23.6 Å². The zero-order valence-corrected chi connectivity index (χ0v) is 18.7. The normalized spacial score (nSPS) is 28.3. The Balaban J connectivity index is 1.38. The maximum Gasteiger partial charge on any atom is 0.453 e. The molecule has 0 atom stereocenters. The number of carbonyl (C=O) groups excluding carboxylic acids is 1. The molecule has 6 rings (SSSR count). The van der Waals surface area contributed by atoms with Crippen molar-refractivity contribution in [3.8, 4) is 0 Å². The Morgan fingerprint density at radius 2 is 1.67 bits per heavy atom. The first-order valence-electron chi connectivity index (χ1n) is 11.1. The lowest BCUT2D eigenvalue weighted by atomic mass is 9.52. The van der Waals surface area contributed by atoms with Crippen LogP contribution >= 0.6 is 11.8 Å². The first-order chi connectivity index (χ1) is 15.6. The molecule has 33 heavy (non-hydrogen) atoms. The molecule has 4 aliphatic rings. The van der Waals surface area contributed by atoms with Gasteiger partial charge in [0, 0.05) is 12.1 Å². The summed E-state index contributed by atoms with van der Waals surface area (Å²) >= 11 is 0.851. The Morgan fingerprint density at radius 3 is 2.18 bits per heavy atom. The van der Waals surface area contributed by atoms with Crippen molar-refractivity contribution < 1.29 is 22.4 Å². The molecule has 6 nitrogen and oxygen atoms in total. The number of hydrogen-bond donors (Lipinski definition) is 1. The van der Waals surface area contributed by atoms with Crippen LogP contribution in [0.3, 0.4) is 0 Å². The van der Waals surface area contributed by atoms with Crippen LogP contribution in [0.15, 0.2) is 29.4 Å². The summed E-state index contributed by atoms with van der Waals surface area (Å²) in [6.45, 7) is 0.342. The molecule has 1 aromatic carbocycles. The molecule has 4 aliphatic carbocycles. The molecular formula is C22H25F4N5OS. The topological polar surface area (TPSA) is 77.0 Å². The lowest BCUT2D eigenvalue weighted by molar-refractivity contribution is -0.149. The largest absolute Gasteiger partial charge is 0.453 e. The monoisotopic (exact) mass is 483 g/mol. The molecule has 2 N–H and O–H groups in total. The summed E-state index contributed by atoms with van der Waals surface area (Å²) in [7, 11) is 0. The fourth-order valence-corrected chi connectivity index (χ4v) is 7.19. The van der Waals surface area contributed by atoms with E-state index in [-0.39, 0.29) is 28.2 Å². The third kappa shape index (κ3) is 4.31. The molecule has 4 bridgehead atoms. The third-order valence-electron chi connectivity index (χ3n) is 7.38. The van der Waals surface area contributed by atoms with Crippen LogP contribution in [0.4, 0.5) is 17.6 Å². The molecule has 1 heterocycles. The molecule has 0 spiro atoms. The van der Waals surface area contributed by atoms with Gasteiger partial charge in [0.25, 0.3) is 5.82 Å². The van der Waals surface area contributed by atoms with Gasteiger partial charge < -0.3 is 10.7 Å². The molecule has 11 heteroatoms. The third-order valence-corrected chi connectivity index (χ3v) is 8.30. The average Bonchev–Trinajstić information content (AvgIpc) is 3.11. The Morgan fingerprint density at radius 1 is 1.09 bits per heavy atom. The number of benzene rings is 1. The number of nitrogens with zero attached hydrogens (tertiary/aromatic N) is 4. The van der Waals surface area contributed by atoms with E-state index in [4.69, 9.17) is 5.84 Å². The van der Waals surface area contributed by atoms with Crippen LogP contribution in [0.5, 0.6) is 0 Å². The second kappa shape index (κ2) is 8.18. The van der Waals surface area contributed by atoms with Gasteiger partial charge in [-0.05, 0) is 74.0 Å². The number of nitrogens with two attached hydrogens (primary N) is 1. The van der Waals surface area contributed by atoms with Crippen LogP contribution in [0.2, 0.25) is 0 Å². The van der Waals surface area contributed by atoms with Gasteiger partial charge >= 0.3 is 6.18 Å². The van der Waals surface area contributed by atoms with Gasteiger partial charge in [-0.25, -0.2) is 9.07 Å². The molecule has 4 fully saturated rings. The molecule has 2 aromatic rings. The molecule has 1 aromatic heterocycles. The predicted octanol–water partition coefficient (Wildman–Crippen LogP) is 4.24. The van der Waals surface area contributed by atoms with Gasteiger partial charge in [0.1, 0.15) is 5.82 Å². The second-order valence-corrected chi connectivity index (χ2v) is 10.7. The molecule has 0 aliphatic heterocycles. The van der Waals surface area contributed by atoms with Crippen molar-refractivity contribution in [1.29, 1.82) is 0 Å². The van der Waals surface area contributed by atoms with E-state index in [0.717, 1.165) is 36.6 Å². The summed E-state index contributed by atoms with van der Waals surface area (Å²) in [6.07, 6.45) is 1.75. The predicted molar refractivity (Wildman–Crippen MR) is 114 cm³/mol. The van der Waals surface area contributed by atoms with E-state index >= 15 is 0 Å². The summed E-state index contributed by atoms with van der Waals surface area (Å²) in [5.74, 6) is 5.42. The lowest BCUT2D eigenvalue weighted by Gasteiger charge is -2.60. The maximum atomic E-state index is 13.5. The Hall–Kier alpha value is -2.30. The highest BCUT2D eigenvalue weighted by atomic mass is 32.2. The van der Waals surface area contributed by atoms with Crippen LogP contribution in [-0.2, 0) is 17.5 Å². The fourth-order valence-electron chi connectivity index (χ4n) is 6.46. The summed E-state index contributed by atoms with van der Waals surface area (Å²) in [5.41, 5.74) is 0.570. The van der Waals surface area contributed by atoms with Crippen LogP contribution in [0.25, 0.3) is 0 Å². The highest BCUT2D eigenvalue weighted by Gasteiger charge is 2.54. The summed E-state index contributed by atoms with van der Waals surface area (Å²) in [5, 5.41) is 6.48. The number of carbonyl (C=O) groups is 1. The Labute approximate surface area is 192 Å². The van der Waals surface area contributed by atoms with Gasteiger partial charge in [0.15, 0.2) is 0 Å². The van der Waals surface area contributed by atoms with E-state index in [2.05, 4.69) is 10.2 Å². The summed E-state index contributed by atoms with van der Waals surface area (Å²) in [6, 6.07) is 6.11. The van der Waals surface area contributed by atoms with Crippen molar-refractivity contribution in [2.45, 2.75) is 61.9 Å². The molecule has 4 saturated carbocycles.